The molecule has 4 atom stereocenters. The van der Waals surface area contributed by atoms with Crippen molar-refractivity contribution >= 4 is 35.5 Å². The van der Waals surface area contributed by atoms with Gasteiger partial charge in [0.05, 0.1) is 27.8 Å². The minimum Gasteiger partial charge on any atom is -0.790 e. The Hall–Kier alpha value is -1.78. The molecule has 0 aliphatic carbocycles. The zero-order chi connectivity index (χ0) is 43.0. The van der Waals surface area contributed by atoms with Crippen LogP contribution in [0.3, 0.4) is 0 Å². The van der Waals surface area contributed by atoms with Crippen molar-refractivity contribution in [2.75, 3.05) is 32.5 Å². The maximum Gasteiger partial charge on any atom is 1.00 e. The van der Waals surface area contributed by atoms with E-state index >= 15 is 0 Å². The van der Waals surface area contributed by atoms with Gasteiger partial charge in [-0.15, -0.1) is 0 Å². The maximum atomic E-state index is 14.2. The first-order valence-corrected chi connectivity index (χ1v) is 17.4. The van der Waals surface area contributed by atoms with Crippen LogP contribution in [0.1, 0.15) is 62.3 Å². The number of anilines is 1. The summed E-state index contributed by atoms with van der Waals surface area (Å²) < 4.78 is 122. The van der Waals surface area contributed by atoms with Gasteiger partial charge in [-0.1, -0.05) is 80.8 Å². The van der Waals surface area contributed by atoms with Crippen LogP contribution in [0.2, 0.25) is 0 Å². The molecule has 0 saturated carbocycles. The minimum atomic E-state index is -6.08. The fourth-order valence-corrected chi connectivity index (χ4v) is 6.59. The molecule has 0 radical (unpaired) electrons. The van der Waals surface area contributed by atoms with Crippen LogP contribution in [0.5, 0.6) is 0 Å². The van der Waals surface area contributed by atoms with Crippen LogP contribution in [0, 0.1) is 5.89 Å². The Morgan fingerprint density at radius 2 is 1.54 bits per heavy atom. The molecule has 4 N–H and O–H groups in total. The summed E-state index contributed by atoms with van der Waals surface area (Å²) in [5.74, 6) is -5.32. The topological polar surface area (TPSA) is 203 Å². The van der Waals surface area contributed by atoms with Gasteiger partial charge >= 0.3 is 65.2 Å². The number of rotatable bonds is 18. The third-order valence-electron chi connectivity index (χ3n) is 7.00. The molecule has 3 aromatic rings. The molecule has 2 amide bonds. The third-order valence-corrected chi connectivity index (χ3v) is 9.18. The number of carbonyl (C=O) groups excluding carboxylic acids is 2. The van der Waals surface area contributed by atoms with Gasteiger partial charge in [-0.2, -0.15) is 4.31 Å². The van der Waals surface area contributed by atoms with Crippen molar-refractivity contribution in [3.05, 3.63) is 96.1 Å². The van der Waals surface area contributed by atoms with E-state index in [-0.39, 0.29) is 88.5 Å². The van der Waals surface area contributed by atoms with E-state index in [0.29, 0.717) is 11.1 Å². The number of unbranched alkanes of at least 4 members (excludes halogenated alkanes) is 1. The Bertz CT molecular complexity index is 1900. The molecule has 3 rings (SSSR count). The number of hydrogen-bond acceptors (Lipinski definition) is 10. The molecular formula is C33H43N4Na2O9PS. The zero-order valence-corrected chi connectivity index (χ0v) is 33.6. The Balaban J connectivity index is 0.00000870. The van der Waals surface area contributed by atoms with Crippen molar-refractivity contribution in [1.82, 2.24) is 14.9 Å². The second-order valence-electron chi connectivity index (χ2n) is 10.4. The van der Waals surface area contributed by atoms with Crippen molar-refractivity contribution in [3.8, 4) is 0 Å². The quantitative estimate of drug-likeness (QED) is 0.0519. The molecule has 0 aromatic heterocycles. The number of sulfonamides is 1. The Kier molecular flexibility index (Phi) is 14.7. The zero-order valence-electron chi connectivity index (χ0n) is 36.9. The summed E-state index contributed by atoms with van der Waals surface area (Å²) in [4.78, 5) is 48.9. The molecule has 2 unspecified atom stereocenters. The van der Waals surface area contributed by atoms with Gasteiger partial charge in [0.15, 0.2) is 0 Å². The van der Waals surface area contributed by atoms with Crippen LogP contribution in [-0.2, 0) is 28.6 Å². The van der Waals surface area contributed by atoms with Gasteiger partial charge in [0.25, 0.3) is 0 Å². The average molecular weight is 758 g/mol. The van der Waals surface area contributed by atoms with E-state index in [2.05, 4.69) is 15.2 Å². The van der Waals surface area contributed by atoms with Crippen LogP contribution in [0.15, 0.2) is 89.8 Å². The Labute approximate surface area is 351 Å². The molecule has 0 spiro atoms. The van der Waals surface area contributed by atoms with Gasteiger partial charge in [0, 0.05) is 41.7 Å². The molecule has 17 heteroatoms. The SMILES string of the molecule is [2H]C(OP(=O)([O-])[O-])[C@H](CCCCNC(=O)[C@@H](NC(=O)OC)C(c1ccccc1)c1ccccc1)N(C([2H])C([2H])(C([2H])([2H])[2H])C([2H])([2H])[2H])S(=O)(=O)c1ccc(N)cc1.[Na+].[Na+]. The second-order valence-corrected chi connectivity index (χ2v) is 13.4. The van der Waals surface area contributed by atoms with Gasteiger partial charge < -0.3 is 40.0 Å². The normalized spacial score (nSPS) is 17.4. The predicted molar refractivity (Wildman–Crippen MR) is 178 cm³/mol. The largest absolute Gasteiger partial charge is 1.00 e. The van der Waals surface area contributed by atoms with Gasteiger partial charge in [-0.05, 0) is 54.1 Å². The Morgan fingerprint density at radius 3 is 2.04 bits per heavy atom. The number of phosphoric acid groups is 1. The molecule has 3 aromatic carbocycles. The Morgan fingerprint density at radius 1 is 0.980 bits per heavy atom. The van der Waals surface area contributed by atoms with Crippen molar-refractivity contribution in [1.29, 1.82) is 0 Å². The number of alkyl carbamates (subject to hydrolysis) is 1. The van der Waals surface area contributed by atoms with Crippen LogP contribution < -0.4 is 85.3 Å². The van der Waals surface area contributed by atoms with Crippen LogP contribution in [0.25, 0.3) is 0 Å². The van der Waals surface area contributed by atoms with Gasteiger partial charge in [-0.3, -0.25) is 4.79 Å². The number of methoxy groups -OCH3 is 1. The van der Waals surface area contributed by atoms with Gasteiger partial charge in [0.2, 0.25) is 15.9 Å². The maximum absolute atomic E-state index is 14.2. The van der Waals surface area contributed by atoms with E-state index in [0.717, 1.165) is 31.4 Å². The summed E-state index contributed by atoms with van der Waals surface area (Å²) in [7, 11) is -10.3. The molecule has 13 nitrogen and oxygen atoms in total. The molecule has 0 bridgehead atoms. The summed E-state index contributed by atoms with van der Waals surface area (Å²) >= 11 is 0. The first-order chi connectivity index (χ1) is 26.4. The van der Waals surface area contributed by atoms with E-state index in [9.17, 15) is 32.4 Å². The number of nitrogens with one attached hydrogen (secondary N) is 2. The fourth-order valence-electron chi connectivity index (χ4n) is 4.82. The summed E-state index contributed by atoms with van der Waals surface area (Å²) in [6, 6.07) is 18.0. The predicted octanol–water partition coefficient (Wildman–Crippen LogP) is -3.02. The molecule has 262 valence electrons. The van der Waals surface area contributed by atoms with Crippen LogP contribution in [0.4, 0.5) is 10.5 Å². The van der Waals surface area contributed by atoms with Gasteiger partial charge in [0.1, 0.15) is 6.04 Å². The molecule has 0 aliphatic heterocycles. The second kappa shape index (κ2) is 22.3. The summed E-state index contributed by atoms with van der Waals surface area (Å²) in [6.45, 7) is -13.7. The van der Waals surface area contributed by atoms with Crippen molar-refractivity contribution in [2.24, 2.45) is 5.89 Å². The first kappa shape index (κ1) is 32.8. The fraction of sp³-hybridized carbons (Fsp3) is 0.394. The number of nitrogens with zero attached hydrogens (tertiary/aromatic N) is 1. The molecular weight excluding hydrogens is 705 g/mol. The van der Waals surface area contributed by atoms with Crippen molar-refractivity contribution in [3.63, 3.8) is 0 Å². The summed E-state index contributed by atoms with van der Waals surface area (Å²) in [5.41, 5.74) is 7.05. The van der Waals surface area contributed by atoms with E-state index in [1.54, 1.807) is 60.7 Å². The number of phosphoric ester groups is 1. The number of hydrogen-bond donors (Lipinski definition) is 3. The number of nitrogen functional groups attached to an aromatic ring is 1. The smallest absolute Gasteiger partial charge is 0.790 e. The molecule has 0 aliphatic rings. The van der Waals surface area contributed by atoms with E-state index in [1.807, 2.05) is 0 Å². The van der Waals surface area contributed by atoms with Crippen LogP contribution in [-0.4, -0.2) is 63.6 Å². The summed E-state index contributed by atoms with van der Waals surface area (Å²) in [5, 5.41) is 5.21. The average Bonchev–Trinajstić information content (AvgIpc) is 3.12. The third kappa shape index (κ3) is 14.7. The number of ether oxygens (including phenoxy) is 1. The summed E-state index contributed by atoms with van der Waals surface area (Å²) in [6.07, 6.45) is -1.95. The molecule has 0 heterocycles. The minimum absolute atomic E-state index is 0. The standard InChI is InChI=1S/C33H45N4O9PS.2Na/c1-24(2)22-37(48(43,44)29-19-17-27(34)18-20-29)28(23-46-47(40,41)42)16-10-11-21-35-32(38)31(36-33(39)45-3)30(25-12-6-4-7-13-25)26-14-8-5-9-15-26;;/h4-9,12-15,17-20,24,28,30-31H,10-11,16,21-23,34H2,1-3H3,(H,35,38)(H,36,39)(H2,40,41,42);;/q;2*+1/p-2/t28-,31-;;/m0../s1/i1D3,2D3,22D,23D,24D;;/t22?,23?,28-,31-;;. The number of amides is 2. The molecule has 0 saturated heterocycles. The van der Waals surface area contributed by atoms with E-state index in [4.69, 9.17) is 22.8 Å². The number of nitrogens with two attached hydrogens (primary N) is 1. The molecule has 0 fully saturated rings. The van der Waals surface area contributed by atoms with E-state index in [1.165, 1.54) is 0 Å². The van der Waals surface area contributed by atoms with Gasteiger partial charge in [-0.25, -0.2) is 13.2 Å². The number of carbonyl (C=O) groups is 2. The molecule has 50 heavy (non-hydrogen) atoms. The van der Waals surface area contributed by atoms with E-state index < -0.39 is 91.9 Å². The monoisotopic (exact) mass is 757 g/mol. The van der Waals surface area contributed by atoms with Crippen LogP contribution >= 0.6 is 7.82 Å². The first-order valence-electron chi connectivity index (χ1n) is 19.2. The van der Waals surface area contributed by atoms with Crippen molar-refractivity contribution < 1.29 is 113 Å². The number of benzene rings is 3. The van der Waals surface area contributed by atoms with Crippen molar-refractivity contribution in [2.45, 2.75) is 55.9 Å².